The fourth-order valence-corrected chi connectivity index (χ4v) is 2.05. The van der Waals surface area contributed by atoms with Crippen LogP contribution in [0.4, 0.5) is 0 Å². The Balaban J connectivity index is 2.61. The number of aliphatic carboxylic acids is 1. The number of piperidine rings is 1. The second-order valence-corrected chi connectivity index (χ2v) is 4.42. The fraction of sp³-hybridized carbons (Fsp3) is 0.818. The van der Waals surface area contributed by atoms with Gasteiger partial charge >= 0.3 is 5.97 Å². The molecule has 0 radical (unpaired) electrons. The summed E-state index contributed by atoms with van der Waals surface area (Å²) in [7, 11) is 1.78. The summed E-state index contributed by atoms with van der Waals surface area (Å²) in [6.07, 6.45) is 1.84. The summed E-state index contributed by atoms with van der Waals surface area (Å²) in [5.74, 6) is -0.563. The number of hydrogen-bond donors (Lipinski definition) is 2. The van der Waals surface area contributed by atoms with Gasteiger partial charge in [-0.3, -0.25) is 4.79 Å². The third-order valence-corrected chi connectivity index (χ3v) is 3.06. The molecule has 1 aliphatic rings. The molecule has 92 valence electrons. The first-order valence-corrected chi connectivity index (χ1v) is 5.73. The van der Waals surface area contributed by atoms with Gasteiger partial charge in [-0.05, 0) is 25.8 Å². The molecule has 16 heavy (non-hydrogen) atoms. The Labute approximate surface area is 95.8 Å². The van der Waals surface area contributed by atoms with Gasteiger partial charge in [-0.15, -0.1) is 0 Å². The van der Waals surface area contributed by atoms with Crippen LogP contribution in [0.5, 0.6) is 0 Å². The molecule has 5 nitrogen and oxygen atoms in total. The van der Waals surface area contributed by atoms with E-state index in [1.54, 1.807) is 7.05 Å². The van der Waals surface area contributed by atoms with Gasteiger partial charge in [-0.25, -0.2) is 4.79 Å². The maximum Gasteiger partial charge on any atom is 0.326 e. The molecule has 0 bridgehead atoms. The van der Waals surface area contributed by atoms with Gasteiger partial charge in [-0.1, -0.05) is 6.92 Å². The molecule has 0 aromatic carbocycles. The van der Waals surface area contributed by atoms with Crippen LogP contribution in [0.1, 0.15) is 26.2 Å². The van der Waals surface area contributed by atoms with Crippen molar-refractivity contribution in [3.8, 4) is 0 Å². The standard InChI is InChI=1S/C11H20N2O3/c1-8-4-6-13(9(7-8)11(15)16)10(14)3-5-12-2/h8-9,12H,3-7H2,1-2H3,(H,15,16). The molecule has 2 atom stereocenters. The highest BCUT2D eigenvalue weighted by atomic mass is 16.4. The molecular weight excluding hydrogens is 208 g/mol. The molecule has 2 unspecified atom stereocenters. The SMILES string of the molecule is CNCCC(=O)N1CCC(C)CC1C(=O)O. The van der Waals surface area contributed by atoms with Crippen molar-refractivity contribution in [2.75, 3.05) is 20.1 Å². The van der Waals surface area contributed by atoms with E-state index in [0.717, 1.165) is 6.42 Å². The molecule has 0 aromatic heterocycles. The summed E-state index contributed by atoms with van der Waals surface area (Å²) in [4.78, 5) is 24.4. The van der Waals surface area contributed by atoms with Crippen LogP contribution in [0.15, 0.2) is 0 Å². The highest BCUT2D eigenvalue weighted by Crippen LogP contribution is 2.23. The van der Waals surface area contributed by atoms with Crippen LogP contribution in [0.3, 0.4) is 0 Å². The van der Waals surface area contributed by atoms with Crippen LogP contribution in [0.2, 0.25) is 0 Å². The van der Waals surface area contributed by atoms with E-state index < -0.39 is 12.0 Å². The van der Waals surface area contributed by atoms with E-state index in [4.69, 9.17) is 5.11 Å². The lowest BCUT2D eigenvalue weighted by molar-refractivity contribution is -0.153. The second-order valence-electron chi connectivity index (χ2n) is 4.42. The first kappa shape index (κ1) is 13.0. The van der Waals surface area contributed by atoms with Gasteiger partial charge in [-0.2, -0.15) is 0 Å². The van der Waals surface area contributed by atoms with Crippen molar-refractivity contribution in [2.45, 2.75) is 32.2 Å². The van der Waals surface area contributed by atoms with Crippen LogP contribution in [0, 0.1) is 5.92 Å². The average molecular weight is 228 g/mol. The van der Waals surface area contributed by atoms with Crippen molar-refractivity contribution in [3.05, 3.63) is 0 Å². The minimum Gasteiger partial charge on any atom is -0.480 e. The monoisotopic (exact) mass is 228 g/mol. The number of nitrogens with one attached hydrogen (secondary N) is 1. The molecule has 0 saturated carbocycles. The van der Waals surface area contributed by atoms with Crippen molar-refractivity contribution in [1.29, 1.82) is 0 Å². The molecule has 0 spiro atoms. The highest BCUT2D eigenvalue weighted by molar-refractivity contribution is 5.84. The van der Waals surface area contributed by atoms with E-state index in [-0.39, 0.29) is 5.91 Å². The van der Waals surface area contributed by atoms with Crippen LogP contribution < -0.4 is 5.32 Å². The first-order chi connectivity index (χ1) is 7.56. The van der Waals surface area contributed by atoms with Gasteiger partial charge < -0.3 is 15.3 Å². The van der Waals surface area contributed by atoms with E-state index in [2.05, 4.69) is 5.32 Å². The Hall–Kier alpha value is -1.10. The summed E-state index contributed by atoms with van der Waals surface area (Å²) in [5.41, 5.74) is 0. The second kappa shape index (κ2) is 5.84. The predicted molar refractivity (Wildman–Crippen MR) is 60.1 cm³/mol. The Morgan fingerprint density at radius 2 is 2.19 bits per heavy atom. The Morgan fingerprint density at radius 3 is 2.75 bits per heavy atom. The number of amides is 1. The molecule has 1 heterocycles. The summed E-state index contributed by atoms with van der Waals surface area (Å²) >= 11 is 0. The topological polar surface area (TPSA) is 69.6 Å². The fourth-order valence-electron chi connectivity index (χ4n) is 2.05. The van der Waals surface area contributed by atoms with E-state index >= 15 is 0 Å². The smallest absolute Gasteiger partial charge is 0.326 e. The first-order valence-electron chi connectivity index (χ1n) is 5.73. The van der Waals surface area contributed by atoms with Crippen LogP contribution in [-0.2, 0) is 9.59 Å². The molecule has 1 saturated heterocycles. The number of nitrogens with zero attached hydrogens (tertiary/aromatic N) is 1. The zero-order valence-electron chi connectivity index (χ0n) is 9.90. The zero-order chi connectivity index (χ0) is 12.1. The van der Waals surface area contributed by atoms with Crippen molar-refractivity contribution < 1.29 is 14.7 Å². The number of carbonyl (C=O) groups is 2. The highest BCUT2D eigenvalue weighted by Gasteiger charge is 2.34. The van der Waals surface area contributed by atoms with Gasteiger partial charge in [0.25, 0.3) is 0 Å². The summed E-state index contributed by atoms with van der Waals surface area (Å²) < 4.78 is 0. The number of carbonyl (C=O) groups excluding carboxylic acids is 1. The van der Waals surface area contributed by atoms with E-state index in [1.807, 2.05) is 6.92 Å². The quantitative estimate of drug-likeness (QED) is 0.726. The number of hydrogen-bond acceptors (Lipinski definition) is 3. The third kappa shape index (κ3) is 3.20. The maximum absolute atomic E-state index is 11.8. The van der Waals surface area contributed by atoms with Gasteiger partial charge in [0.15, 0.2) is 0 Å². The minimum absolute atomic E-state index is 0.0614. The molecule has 1 rings (SSSR count). The summed E-state index contributed by atoms with van der Waals surface area (Å²) in [5, 5.41) is 12.0. The summed E-state index contributed by atoms with van der Waals surface area (Å²) in [6, 6.07) is -0.631. The Bertz CT molecular complexity index is 268. The lowest BCUT2D eigenvalue weighted by Gasteiger charge is -2.36. The van der Waals surface area contributed by atoms with Gasteiger partial charge in [0.05, 0.1) is 0 Å². The van der Waals surface area contributed by atoms with Crippen molar-refractivity contribution in [2.24, 2.45) is 5.92 Å². The molecule has 0 aromatic rings. The number of rotatable bonds is 4. The lowest BCUT2D eigenvalue weighted by Crippen LogP contribution is -2.50. The van der Waals surface area contributed by atoms with Crippen LogP contribution in [-0.4, -0.2) is 48.1 Å². The molecule has 1 aliphatic heterocycles. The predicted octanol–water partition coefficient (Wildman–Crippen LogP) is 0.308. The van der Waals surface area contributed by atoms with Crippen molar-refractivity contribution in [3.63, 3.8) is 0 Å². The Kier molecular flexibility index (Phi) is 4.73. The van der Waals surface area contributed by atoms with Crippen LogP contribution in [0.25, 0.3) is 0 Å². The average Bonchev–Trinajstić information content (AvgIpc) is 2.25. The third-order valence-electron chi connectivity index (χ3n) is 3.06. The number of likely N-dealkylation sites (tertiary alicyclic amines) is 1. The number of carboxylic acids is 1. The summed E-state index contributed by atoms with van der Waals surface area (Å²) in [6.45, 7) is 3.20. The molecule has 1 fully saturated rings. The van der Waals surface area contributed by atoms with Crippen molar-refractivity contribution in [1.82, 2.24) is 10.2 Å². The van der Waals surface area contributed by atoms with E-state index in [9.17, 15) is 9.59 Å². The van der Waals surface area contributed by atoms with Crippen molar-refractivity contribution >= 4 is 11.9 Å². The molecular formula is C11H20N2O3. The number of carboxylic acid groups (broad SMARTS) is 1. The zero-order valence-corrected chi connectivity index (χ0v) is 9.90. The molecule has 2 N–H and O–H groups in total. The van der Waals surface area contributed by atoms with E-state index in [1.165, 1.54) is 4.90 Å². The van der Waals surface area contributed by atoms with Crippen LogP contribution >= 0.6 is 0 Å². The van der Waals surface area contributed by atoms with E-state index in [0.29, 0.717) is 31.8 Å². The lowest BCUT2D eigenvalue weighted by atomic mass is 9.92. The normalized spacial score (nSPS) is 25.5. The van der Waals surface area contributed by atoms with Gasteiger partial charge in [0.1, 0.15) is 6.04 Å². The minimum atomic E-state index is -0.885. The largest absolute Gasteiger partial charge is 0.480 e. The molecule has 5 heteroatoms. The van der Waals surface area contributed by atoms with Gasteiger partial charge in [0.2, 0.25) is 5.91 Å². The Morgan fingerprint density at radius 1 is 1.50 bits per heavy atom. The molecule has 0 aliphatic carbocycles. The molecule has 1 amide bonds. The van der Waals surface area contributed by atoms with Gasteiger partial charge in [0, 0.05) is 19.5 Å². The maximum atomic E-state index is 11.8.